The average Bonchev–Trinajstić information content (AvgIpc) is 3.15. The molecule has 7 heteroatoms. The Morgan fingerprint density at radius 2 is 1.95 bits per heavy atom. The van der Waals surface area contributed by atoms with E-state index in [2.05, 4.69) is 31.6 Å². The highest BCUT2D eigenvalue weighted by Gasteiger charge is 2.13. The van der Waals surface area contributed by atoms with Crippen molar-refractivity contribution in [3.63, 3.8) is 0 Å². The van der Waals surface area contributed by atoms with E-state index in [4.69, 9.17) is 9.05 Å². The minimum atomic E-state index is -0.363. The fourth-order valence-corrected chi connectivity index (χ4v) is 2.03. The van der Waals surface area contributed by atoms with Gasteiger partial charge in [0, 0.05) is 17.7 Å². The SMILES string of the molecule is O=C(NCc1cc(-c2ccccc2)on1)c1cc(Br)no1. The Hall–Kier alpha value is -2.41. The lowest BCUT2D eigenvalue weighted by Crippen LogP contribution is -2.22. The standard InChI is InChI=1S/C14H10BrN3O3/c15-13-7-12(21-18-13)14(19)16-8-10-6-11(20-17-10)9-4-2-1-3-5-9/h1-7H,8H2,(H,16,19). The summed E-state index contributed by atoms with van der Waals surface area (Å²) < 4.78 is 10.6. The van der Waals surface area contributed by atoms with Crippen LogP contribution in [0.1, 0.15) is 16.2 Å². The molecular weight excluding hydrogens is 338 g/mol. The lowest BCUT2D eigenvalue weighted by Gasteiger charge is -1.97. The van der Waals surface area contributed by atoms with E-state index < -0.39 is 0 Å². The van der Waals surface area contributed by atoms with Gasteiger partial charge in [-0.05, 0) is 15.9 Å². The highest BCUT2D eigenvalue weighted by molar-refractivity contribution is 9.10. The number of hydrogen-bond donors (Lipinski definition) is 1. The van der Waals surface area contributed by atoms with Crippen LogP contribution in [0, 0.1) is 0 Å². The van der Waals surface area contributed by atoms with Gasteiger partial charge in [-0.15, -0.1) is 0 Å². The molecule has 106 valence electrons. The van der Waals surface area contributed by atoms with Crippen molar-refractivity contribution in [1.29, 1.82) is 0 Å². The summed E-state index contributed by atoms with van der Waals surface area (Å²) in [6.07, 6.45) is 0. The van der Waals surface area contributed by atoms with Crippen LogP contribution in [0.2, 0.25) is 0 Å². The van der Waals surface area contributed by atoms with Crippen molar-refractivity contribution in [3.8, 4) is 11.3 Å². The topological polar surface area (TPSA) is 81.2 Å². The van der Waals surface area contributed by atoms with E-state index in [1.165, 1.54) is 6.07 Å². The van der Waals surface area contributed by atoms with Crippen molar-refractivity contribution in [2.45, 2.75) is 6.54 Å². The first kappa shape index (κ1) is 13.6. The van der Waals surface area contributed by atoms with Gasteiger partial charge in [-0.2, -0.15) is 0 Å². The second-order valence-corrected chi connectivity index (χ2v) is 5.06. The van der Waals surface area contributed by atoms with Crippen LogP contribution in [0.5, 0.6) is 0 Å². The van der Waals surface area contributed by atoms with E-state index in [1.54, 1.807) is 6.07 Å². The monoisotopic (exact) mass is 347 g/mol. The van der Waals surface area contributed by atoms with Gasteiger partial charge in [0.25, 0.3) is 5.91 Å². The first-order valence-electron chi connectivity index (χ1n) is 6.14. The number of halogens is 1. The Kier molecular flexibility index (Phi) is 3.83. The fraction of sp³-hybridized carbons (Fsp3) is 0.0714. The number of nitrogens with zero attached hydrogens (tertiary/aromatic N) is 2. The number of aromatic nitrogens is 2. The molecule has 0 spiro atoms. The van der Waals surface area contributed by atoms with Crippen LogP contribution in [0.3, 0.4) is 0 Å². The summed E-state index contributed by atoms with van der Waals surface area (Å²) in [5, 5.41) is 10.2. The normalized spacial score (nSPS) is 10.5. The molecule has 21 heavy (non-hydrogen) atoms. The van der Waals surface area contributed by atoms with Crippen molar-refractivity contribution < 1.29 is 13.8 Å². The number of hydrogen-bond acceptors (Lipinski definition) is 5. The predicted octanol–water partition coefficient (Wildman–Crippen LogP) is 3.02. The van der Waals surface area contributed by atoms with Crippen LogP contribution in [-0.4, -0.2) is 16.2 Å². The van der Waals surface area contributed by atoms with Crippen molar-refractivity contribution in [1.82, 2.24) is 15.6 Å². The first-order chi connectivity index (χ1) is 10.2. The Labute approximate surface area is 128 Å². The summed E-state index contributed by atoms with van der Waals surface area (Å²) in [6.45, 7) is 0.244. The molecular formula is C14H10BrN3O3. The van der Waals surface area contributed by atoms with Crippen LogP contribution in [0.15, 0.2) is 56.1 Å². The van der Waals surface area contributed by atoms with E-state index >= 15 is 0 Å². The summed E-state index contributed by atoms with van der Waals surface area (Å²) in [7, 11) is 0. The highest BCUT2D eigenvalue weighted by atomic mass is 79.9. The highest BCUT2D eigenvalue weighted by Crippen LogP contribution is 2.19. The minimum Gasteiger partial charge on any atom is -0.356 e. The van der Waals surface area contributed by atoms with Gasteiger partial charge in [-0.1, -0.05) is 40.6 Å². The molecule has 1 N–H and O–H groups in total. The first-order valence-corrected chi connectivity index (χ1v) is 6.93. The molecule has 2 heterocycles. The van der Waals surface area contributed by atoms with Gasteiger partial charge in [0.15, 0.2) is 5.76 Å². The molecule has 0 saturated heterocycles. The summed E-state index contributed by atoms with van der Waals surface area (Å²) in [4.78, 5) is 11.8. The Morgan fingerprint density at radius 1 is 1.14 bits per heavy atom. The van der Waals surface area contributed by atoms with Gasteiger partial charge in [0.1, 0.15) is 10.3 Å². The van der Waals surface area contributed by atoms with E-state index in [9.17, 15) is 4.79 Å². The van der Waals surface area contributed by atoms with Gasteiger partial charge in [0.2, 0.25) is 5.76 Å². The lowest BCUT2D eigenvalue weighted by atomic mass is 10.2. The lowest BCUT2D eigenvalue weighted by molar-refractivity contribution is 0.0913. The zero-order valence-electron chi connectivity index (χ0n) is 10.7. The fourth-order valence-electron chi connectivity index (χ4n) is 1.75. The van der Waals surface area contributed by atoms with Crippen molar-refractivity contribution in [2.75, 3.05) is 0 Å². The molecule has 2 aromatic heterocycles. The molecule has 3 rings (SSSR count). The van der Waals surface area contributed by atoms with Gasteiger partial charge < -0.3 is 14.4 Å². The van der Waals surface area contributed by atoms with E-state index in [0.29, 0.717) is 16.1 Å². The maximum atomic E-state index is 11.8. The Balaban J connectivity index is 1.64. The summed E-state index contributed by atoms with van der Waals surface area (Å²) in [5.41, 5.74) is 1.56. The third-order valence-electron chi connectivity index (χ3n) is 2.75. The maximum absolute atomic E-state index is 11.8. The number of amides is 1. The van der Waals surface area contributed by atoms with Gasteiger partial charge in [0.05, 0.1) is 6.54 Å². The molecule has 1 aromatic carbocycles. The van der Waals surface area contributed by atoms with Crippen molar-refractivity contribution in [2.24, 2.45) is 0 Å². The quantitative estimate of drug-likeness (QED) is 0.784. The van der Waals surface area contributed by atoms with Crippen molar-refractivity contribution >= 4 is 21.8 Å². The van der Waals surface area contributed by atoms with Gasteiger partial charge in [-0.3, -0.25) is 4.79 Å². The largest absolute Gasteiger partial charge is 0.356 e. The van der Waals surface area contributed by atoms with Gasteiger partial charge >= 0.3 is 0 Å². The Bertz CT molecular complexity index is 752. The predicted molar refractivity (Wildman–Crippen MR) is 77.3 cm³/mol. The molecule has 0 radical (unpaired) electrons. The molecule has 0 atom stereocenters. The van der Waals surface area contributed by atoms with Crippen LogP contribution >= 0.6 is 15.9 Å². The molecule has 0 saturated carbocycles. The Morgan fingerprint density at radius 3 is 2.67 bits per heavy atom. The molecule has 6 nitrogen and oxygen atoms in total. The summed E-state index contributed by atoms with van der Waals surface area (Å²) in [5.74, 6) is 0.424. The second kappa shape index (κ2) is 5.92. The molecule has 0 unspecified atom stereocenters. The molecule has 0 bridgehead atoms. The average molecular weight is 348 g/mol. The zero-order valence-corrected chi connectivity index (χ0v) is 12.3. The number of carbonyl (C=O) groups is 1. The zero-order chi connectivity index (χ0) is 14.7. The smallest absolute Gasteiger partial charge is 0.290 e. The van der Waals surface area contributed by atoms with E-state index in [0.717, 1.165) is 5.56 Å². The number of nitrogens with one attached hydrogen (secondary N) is 1. The summed E-state index contributed by atoms with van der Waals surface area (Å²) >= 11 is 3.11. The van der Waals surface area contributed by atoms with Crippen molar-refractivity contribution in [3.05, 3.63) is 58.5 Å². The molecule has 0 fully saturated rings. The number of benzene rings is 1. The molecule has 0 aliphatic carbocycles. The third kappa shape index (κ3) is 3.19. The summed E-state index contributed by atoms with van der Waals surface area (Å²) in [6, 6.07) is 12.9. The van der Waals surface area contributed by atoms with E-state index in [-0.39, 0.29) is 18.2 Å². The number of carbonyl (C=O) groups excluding carboxylic acids is 1. The van der Waals surface area contributed by atoms with Crippen LogP contribution in [0.4, 0.5) is 0 Å². The van der Waals surface area contributed by atoms with Crippen LogP contribution in [-0.2, 0) is 6.54 Å². The molecule has 0 aliphatic heterocycles. The minimum absolute atomic E-state index is 0.133. The van der Waals surface area contributed by atoms with Crippen LogP contribution < -0.4 is 5.32 Å². The second-order valence-electron chi connectivity index (χ2n) is 4.25. The molecule has 1 amide bonds. The maximum Gasteiger partial charge on any atom is 0.290 e. The third-order valence-corrected chi connectivity index (χ3v) is 3.13. The molecule has 3 aromatic rings. The van der Waals surface area contributed by atoms with E-state index in [1.807, 2.05) is 30.3 Å². The number of rotatable bonds is 4. The van der Waals surface area contributed by atoms with Gasteiger partial charge in [-0.25, -0.2) is 0 Å². The van der Waals surface area contributed by atoms with Crippen LogP contribution in [0.25, 0.3) is 11.3 Å². The molecule has 0 aliphatic rings.